The maximum Gasteiger partial charge on any atom is 0.142 e. The number of nitrogens with zero attached hydrogens (tertiary/aromatic N) is 2. The Morgan fingerprint density at radius 3 is 2.62 bits per heavy atom. The molecular weight excluding hydrogens is 162 g/mol. The zero-order valence-electron chi connectivity index (χ0n) is 8.76. The zero-order chi connectivity index (χ0) is 9.90. The Bertz CT molecular complexity index is 276. The summed E-state index contributed by atoms with van der Waals surface area (Å²) in [6, 6.07) is 1.97. The van der Waals surface area contributed by atoms with Gasteiger partial charge in [0.05, 0.1) is 6.54 Å². The molecule has 0 amide bonds. The van der Waals surface area contributed by atoms with Crippen molar-refractivity contribution < 1.29 is 0 Å². The molecule has 13 heavy (non-hydrogen) atoms. The van der Waals surface area contributed by atoms with Crippen LogP contribution in [-0.4, -0.2) is 17.0 Å². The van der Waals surface area contributed by atoms with Crippen molar-refractivity contribution in [2.75, 3.05) is 7.05 Å². The summed E-state index contributed by atoms with van der Waals surface area (Å²) >= 11 is 0. The first-order valence-corrected chi connectivity index (χ1v) is 4.51. The lowest BCUT2D eigenvalue weighted by molar-refractivity contribution is 0.559. The van der Waals surface area contributed by atoms with Crippen molar-refractivity contribution in [1.29, 1.82) is 0 Å². The summed E-state index contributed by atoms with van der Waals surface area (Å²) in [6.45, 7) is 7.18. The standard InChI is InChI=1S/C10H17N3/c1-10(2,3)8-5-6-12-9(13-8)7-11-4/h5-6,11H,7H2,1-4H3. The normalized spacial score (nSPS) is 11.7. The number of aromatic nitrogens is 2. The van der Waals surface area contributed by atoms with Gasteiger partial charge in [0.1, 0.15) is 5.82 Å². The van der Waals surface area contributed by atoms with E-state index in [1.165, 1.54) is 0 Å². The van der Waals surface area contributed by atoms with Crippen LogP contribution < -0.4 is 5.32 Å². The van der Waals surface area contributed by atoms with Crippen molar-refractivity contribution in [3.63, 3.8) is 0 Å². The van der Waals surface area contributed by atoms with Gasteiger partial charge in [0, 0.05) is 17.3 Å². The van der Waals surface area contributed by atoms with Gasteiger partial charge in [0.2, 0.25) is 0 Å². The summed E-state index contributed by atoms with van der Waals surface area (Å²) in [7, 11) is 1.90. The Morgan fingerprint density at radius 1 is 1.38 bits per heavy atom. The van der Waals surface area contributed by atoms with Crippen LogP contribution in [0.15, 0.2) is 12.3 Å². The molecule has 0 atom stereocenters. The largest absolute Gasteiger partial charge is 0.313 e. The molecule has 1 aromatic heterocycles. The Morgan fingerprint density at radius 2 is 2.08 bits per heavy atom. The fourth-order valence-electron chi connectivity index (χ4n) is 1.06. The van der Waals surface area contributed by atoms with E-state index in [-0.39, 0.29) is 5.41 Å². The molecule has 0 aliphatic rings. The van der Waals surface area contributed by atoms with Crippen molar-refractivity contribution in [2.24, 2.45) is 0 Å². The summed E-state index contributed by atoms with van der Waals surface area (Å²) < 4.78 is 0. The molecule has 0 bridgehead atoms. The molecule has 1 rings (SSSR count). The lowest BCUT2D eigenvalue weighted by Gasteiger charge is -2.17. The van der Waals surface area contributed by atoms with Crippen LogP contribution in [0.5, 0.6) is 0 Å². The van der Waals surface area contributed by atoms with Gasteiger partial charge in [-0.3, -0.25) is 0 Å². The van der Waals surface area contributed by atoms with Crippen LogP contribution >= 0.6 is 0 Å². The Labute approximate surface area is 79.6 Å². The van der Waals surface area contributed by atoms with Gasteiger partial charge in [0.25, 0.3) is 0 Å². The first-order chi connectivity index (χ1) is 6.04. The fourth-order valence-corrected chi connectivity index (χ4v) is 1.06. The molecule has 72 valence electrons. The van der Waals surface area contributed by atoms with Gasteiger partial charge in [-0.25, -0.2) is 9.97 Å². The van der Waals surface area contributed by atoms with E-state index in [0.29, 0.717) is 0 Å². The van der Waals surface area contributed by atoms with E-state index >= 15 is 0 Å². The van der Waals surface area contributed by atoms with E-state index in [1.807, 2.05) is 19.3 Å². The molecule has 0 fully saturated rings. The molecule has 0 aliphatic carbocycles. The second-order valence-corrected chi connectivity index (χ2v) is 4.14. The zero-order valence-corrected chi connectivity index (χ0v) is 8.76. The molecule has 0 spiro atoms. The number of hydrogen-bond donors (Lipinski definition) is 1. The predicted molar refractivity (Wildman–Crippen MR) is 53.5 cm³/mol. The van der Waals surface area contributed by atoms with Crippen LogP contribution in [0.1, 0.15) is 32.3 Å². The van der Waals surface area contributed by atoms with Crippen molar-refractivity contribution >= 4 is 0 Å². The van der Waals surface area contributed by atoms with Crippen molar-refractivity contribution in [3.8, 4) is 0 Å². The maximum absolute atomic E-state index is 4.46. The van der Waals surface area contributed by atoms with Gasteiger partial charge in [0.15, 0.2) is 0 Å². The average Bonchev–Trinajstić information content (AvgIpc) is 2.04. The van der Waals surface area contributed by atoms with E-state index < -0.39 is 0 Å². The lowest BCUT2D eigenvalue weighted by atomic mass is 9.92. The summed E-state index contributed by atoms with van der Waals surface area (Å²) in [6.07, 6.45) is 1.82. The molecule has 0 unspecified atom stereocenters. The first-order valence-electron chi connectivity index (χ1n) is 4.51. The number of hydrogen-bond acceptors (Lipinski definition) is 3. The average molecular weight is 179 g/mol. The summed E-state index contributed by atoms with van der Waals surface area (Å²) in [5.74, 6) is 0.856. The third-order valence-corrected chi connectivity index (χ3v) is 1.81. The predicted octanol–water partition coefficient (Wildman–Crippen LogP) is 1.49. The van der Waals surface area contributed by atoms with Crippen molar-refractivity contribution in [2.45, 2.75) is 32.7 Å². The van der Waals surface area contributed by atoms with Crippen LogP contribution in [-0.2, 0) is 12.0 Å². The number of rotatable bonds is 2. The molecule has 0 aromatic carbocycles. The van der Waals surface area contributed by atoms with Gasteiger partial charge < -0.3 is 5.32 Å². The third kappa shape index (κ3) is 2.77. The highest BCUT2D eigenvalue weighted by Gasteiger charge is 2.15. The molecule has 1 heterocycles. The van der Waals surface area contributed by atoms with Gasteiger partial charge in [-0.05, 0) is 13.1 Å². The molecule has 3 heteroatoms. The van der Waals surface area contributed by atoms with Crippen molar-refractivity contribution in [1.82, 2.24) is 15.3 Å². The third-order valence-electron chi connectivity index (χ3n) is 1.81. The van der Waals surface area contributed by atoms with Gasteiger partial charge in [-0.1, -0.05) is 20.8 Å². The monoisotopic (exact) mass is 179 g/mol. The van der Waals surface area contributed by atoms with Gasteiger partial charge in [-0.2, -0.15) is 0 Å². The minimum atomic E-state index is 0.103. The molecule has 1 N–H and O–H groups in total. The molecule has 0 aliphatic heterocycles. The van der Waals surface area contributed by atoms with Gasteiger partial charge in [-0.15, -0.1) is 0 Å². The van der Waals surface area contributed by atoms with Crippen LogP contribution in [0.25, 0.3) is 0 Å². The summed E-state index contributed by atoms with van der Waals surface area (Å²) in [4.78, 5) is 8.63. The fraction of sp³-hybridized carbons (Fsp3) is 0.600. The Kier molecular flexibility index (Phi) is 2.98. The summed E-state index contributed by atoms with van der Waals surface area (Å²) in [5.41, 5.74) is 1.19. The molecule has 1 aromatic rings. The van der Waals surface area contributed by atoms with Crippen molar-refractivity contribution in [3.05, 3.63) is 23.8 Å². The highest BCUT2D eigenvalue weighted by molar-refractivity contribution is 5.12. The quantitative estimate of drug-likeness (QED) is 0.747. The Hall–Kier alpha value is -0.960. The highest BCUT2D eigenvalue weighted by atomic mass is 14.9. The second-order valence-electron chi connectivity index (χ2n) is 4.14. The molecule has 0 saturated carbocycles. The summed E-state index contributed by atoms with van der Waals surface area (Å²) in [5, 5.41) is 3.04. The highest BCUT2D eigenvalue weighted by Crippen LogP contribution is 2.18. The van der Waals surface area contributed by atoms with E-state index in [0.717, 1.165) is 18.1 Å². The van der Waals surface area contributed by atoms with Crippen LogP contribution in [0.4, 0.5) is 0 Å². The lowest BCUT2D eigenvalue weighted by Crippen LogP contribution is -2.17. The second kappa shape index (κ2) is 3.83. The smallest absolute Gasteiger partial charge is 0.142 e. The van der Waals surface area contributed by atoms with E-state index in [9.17, 15) is 0 Å². The molecule has 0 radical (unpaired) electrons. The maximum atomic E-state index is 4.46. The molecule has 3 nitrogen and oxygen atoms in total. The minimum Gasteiger partial charge on any atom is -0.313 e. The topological polar surface area (TPSA) is 37.8 Å². The Balaban J connectivity index is 2.92. The molecular formula is C10H17N3. The minimum absolute atomic E-state index is 0.103. The van der Waals surface area contributed by atoms with Crippen LogP contribution in [0.2, 0.25) is 0 Å². The van der Waals surface area contributed by atoms with E-state index in [4.69, 9.17) is 0 Å². The first kappa shape index (κ1) is 10.1. The van der Waals surface area contributed by atoms with E-state index in [2.05, 4.69) is 36.1 Å². The van der Waals surface area contributed by atoms with Gasteiger partial charge >= 0.3 is 0 Å². The van der Waals surface area contributed by atoms with E-state index in [1.54, 1.807) is 0 Å². The molecule has 0 saturated heterocycles. The van der Waals surface area contributed by atoms with Crippen LogP contribution in [0.3, 0.4) is 0 Å². The SMILES string of the molecule is CNCc1nccc(C(C)(C)C)n1. The number of nitrogens with one attached hydrogen (secondary N) is 1. The van der Waals surface area contributed by atoms with Crippen LogP contribution in [0, 0.1) is 0 Å².